The fraction of sp³-hybridized carbons (Fsp3) is 0.235. The van der Waals surface area contributed by atoms with E-state index in [1.165, 1.54) is 26.4 Å². The van der Waals surface area contributed by atoms with Crippen molar-refractivity contribution in [2.24, 2.45) is 0 Å². The molecular weight excluding hydrogens is 298 g/mol. The molecule has 0 unspecified atom stereocenters. The summed E-state index contributed by atoms with van der Waals surface area (Å²) in [6.45, 7) is 0. The van der Waals surface area contributed by atoms with E-state index in [-0.39, 0.29) is 17.9 Å². The Morgan fingerprint density at radius 2 is 1.83 bits per heavy atom. The molecule has 0 heterocycles. The summed E-state index contributed by atoms with van der Waals surface area (Å²) >= 11 is 0. The Kier molecular flexibility index (Phi) is 5.30. The Labute approximate surface area is 133 Å². The van der Waals surface area contributed by atoms with E-state index in [0.717, 1.165) is 5.56 Å². The molecule has 0 atom stereocenters. The molecule has 0 aliphatic carbocycles. The molecule has 0 aromatic heterocycles. The molecule has 0 aliphatic rings. The van der Waals surface area contributed by atoms with Gasteiger partial charge in [0, 0.05) is 24.1 Å². The predicted octanol–water partition coefficient (Wildman–Crippen LogP) is 3.43. The Morgan fingerprint density at radius 3 is 2.48 bits per heavy atom. The lowest BCUT2D eigenvalue weighted by Crippen LogP contribution is -2.02. The number of aryl methyl sites for hydroxylation is 1. The van der Waals surface area contributed by atoms with Gasteiger partial charge in [-0.25, -0.2) is 0 Å². The zero-order valence-electron chi connectivity index (χ0n) is 12.9. The van der Waals surface area contributed by atoms with Gasteiger partial charge in [0.05, 0.1) is 19.1 Å². The van der Waals surface area contributed by atoms with Crippen LogP contribution in [0.4, 0.5) is 5.69 Å². The van der Waals surface area contributed by atoms with Crippen LogP contribution in [0.5, 0.6) is 11.5 Å². The van der Waals surface area contributed by atoms with Gasteiger partial charge in [0.15, 0.2) is 17.3 Å². The van der Waals surface area contributed by atoms with Crippen molar-refractivity contribution < 1.29 is 19.2 Å². The minimum atomic E-state index is -0.445. The lowest BCUT2D eigenvalue weighted by molar-refractivity contribution is -0.384. The molecule has 0 fully saturated rings. The van der Waals surface area contributed by atoms with Crippen LogP contribution in [0.15, 0.2) is 42.5 Å². The molecule has 0 saturated heterocycles. The summed E-state index contributed by atoms with van der Waals surface area (Å²) < 4.78 is 10.3. The summed E-state index contributed by atoms with van der Waals surface area (Å²) in [7, 11) is 3.04. The first-order valence-corrected chi connectivity index (χ1v) is 7.03. The molecule has 0 N–H and O–H groups in total. The van der Waals surface area contributed by atoms with Crippen LogP contribution in [0, 0.1) is 10.1 Å². The van der Waals surface area contributed by atoms with Gasteiger partial charge in [-0.15, -0.1) is 0 Å². The van der Waals surface area contributed by atoms with Crippen molar-refractivity contribution in [2.45, 2.75) is 12.8 Å². The molecular formula is C17H17NO5. The summed E-state index contributed by atoms with van der Waals surface area (Å²) in [5.74, 6) is 0.994. The molecule has 0 aliphatic heterocycles. The summed E-state index contributed by atoms with van der Waals surface area (Å²) in [4.78, 5) is 22.6. The molecule has 2 rings (SSSR count). The lowest BCUT2D eigenvalue weighted by atomic mass is 10.0. The number of ketones is 1. The van der Waals surface area contributed by atoms with E-state index in [0.29, 0.717) is 23.5 Å². The van der Waals surface area contributed by atoms with Crippen LogP contribution in [0.1, 0.15) is 22.3 Å². The van der Waals surface area contributed by atoms with Crippen LogP contribution in [0.25, 0.3) is 0 Å². The molecule has 120 valence electrons. The first kappa shape index (κ1) is 16.5. The van der Waals surface area contributed by atoms with Crippen LogP contribution in [-0.2, 0) is 6.42 Å². The van der Waals surface area contributed by atoms with Crippen LogP contribution >= 0.6 is 0 Å². The Balaban J connectivity index is 2.08. The molecule has 23 heavy (non-hydrogen) atoms. The maximum Gasteiger partial charge on any atom is 0.269 e. The minimum absolute atomic E-state index is 0.0288. The number of methoxy groups -OCH3 is 2. The number of nitrogens with zero attached hydrogens (tertiary/aromatic N) is 1. The predicted molar refractivity (Wildman–Crippen MR) is 85.3 cm³/mol. The zero-order chi connectivity index (χ0) is 16.8. The summed E-state index contributed by atoms with van der Waals surface area (Å²) in [5.41, 5.74) is 1.31. The van der Waals surface area contributed by atoms with Gasteiger partial charge in [-0.3, -0.25) is 14.9 Å². The second-order valence-electron chi connectivity index (χ2n) is 4.92. The van der Waals surface area contributed by atoms with Gasteiger partial charge in [-0.05, 0) is 30.2 Å². The third kappa shape index (κ3) is 4.06. The van der Waals surface area contributed by atoms with E-state index in [1.54, 1.807) is 30.3 Å². The average Bonchev–Trinajstić information content (AvgIpc) is 2.59. The minimum Gasteiger partial charge on any atom is -0.493 e. The third-order valence-corrected chi connectivity index (χ3v) is 3.47. The Bertz CT molecular complexity index is 727. The van der Waals surface area contributed by atoms with Crippen molar-refractivity contribution in [3.8, 4) is 11.5 Å². The molecule has 0 bridgehead atoms. The number of nitro benzene ring substituents is 1. The first-order valence-electron chi connectivity index (χ1n) is 7.03. The third-order valence-electron chi connectivity index (χ3n) is 3.47. The van der Waals surface area contributed by atoms with Crippen LogP contribution in [0.3, 0.4) is 0 Å². The van der Waals surface area contributed by atoms with Crippen molar-refractivity contribution in [3.05, 3.63) is 63.7 Å². The van der Waals surface area contributed by atoms with Crippen LogP contribution < -0.4 is 9.47 Å². The van der Waals surface area contributed by atoms with Gasteiger partial charge in [-0.2, -0.15) is 0 Å². The van der Waals surface area contributed by atoms with E-state index in [1.807, 2.05) is 0 Å². The number of nitro groups is 1. The SMILES string of the molecule is COc1ccc(C(=O)CCc2cccc([N+](=O)[O-])c2)cc1OC. The number of rotatable bonds is 7. The maximum absolute atomic E-state index is 12.3. The highest BCUT2D eigenvalue weighted by atomic mass is 16.6. The molecule has 0 saturated carbocycles. The van der Waals surface area contributed by atoms with E-state index in [2.05, 4.69) is 0 Å². The highest BCUT2D eigenvalue weighted by molar-refractivity contribution is 5.96. The highest BCUT2D eigenvalue weighted by Gasteiger charge is 2.12. The van der Waals surface area contributed by atoms with Crippen LogP contribution in [0.2, 0.25) is 0 Å². The topological polar surface area (TPSA) is 78.7 Å². The van der Waals surface area contributed by atoms with E-state index in [9.17, 15) is 14.9 Å². The molecule has 0 radical (unpaired) electrons. The zero-order valence-corrected chi connectivity index (χ0v) is 12.9. The molecule has 0 spiro atoms. The lowest BCUT2D eigenvalue weighted by Gasteiger charge is -2.09. The maximum atomic E-state index is 12.3. The first-order chi connectivity index (χ1) is 11.0. The van der Waals surface area contributed by atoms with Crippen molar-refractivity contribution in [1.82, 2.24) is 0 Å². The van der Waals surface area contributed by atoms with Gasteiger partial charge in [0.1, 0.15) is 0 Å². The van der Waals surface area contributed by atoms with Crippen molar-refractivity contribution in [3.63, 3.8) is 0 Å². The molecule has 0 amide bonds. The van der Waals surface area contributed by atoms with Gasteiger partial charge in [-0.1, -0.05) is 12.1 Å². The molecule has 2 aromatic carbocycles. The van der Waals surface area contributed by atoms with Crippen LogP contribution in [-0.4, -0.2) is 24.9 Å². The fourth-order valence-corrected chi connectivity index (χ4v) is 2.24. The number of non-ortho nitro benzene ring substituents is 1. The van der Waals surface area contributed by atoms with Crippen molar-refractivity contribution >= 4 is 11.5 Å². The van der Waals surface area contributed by atoms with Crippen molar-refractivity contribution in [2.75, 3.05) is 14.2 Å². The van der Waals surface area contributed by atoms with Gasteiger partial charge < -0.3 is 9.47 Å². The van der Waals surface area contributed by atoms with Gasteiger partial charge in [0.2, 0.25) is 0 Å². The molecule has 6 heteroatoms. The van der Waals surface area contributed by atoms with Gasteiger partial charge >= 0.3 is 0 Å². The number of carbonyl (C=O) groups excluding carboxylic acids is 1. The molecule has 6 nitrogen and oxygen atoms in total. The summed E-state index contributed by atoms with van der Waals surface area (Å²) in [6.07, 6.45) is 0.700. The number of carbonyl (C=O) groups is 1. The largest absolute Gasteiger partial charge is 0.493 e. The second kappa shape index (κ2) is 7.40. The Hall–Kier alpha value is -2.89. The number of ether oxygens (including phenoxy) is 2. The average molecular weight is 315 g/mol. The van der Waals surface area contributed by atoms with E-state index < -0.39 is 4.92 Å². The number of benzene rings is 2. The summed E-state index contributed by atoms with van der Waals surface area (Å²) in [6, 6.07) is 11.3. The van der Waals surface area contributed by atoms with E-state index in [4.69, 9.17) is 9.47 Å². The quantitative estimate of drug-likeness (QED) is 0.444. The second-order valence-corrected chi connectivity index (χ2v) is 4.92. The van der Waals surface area contributed by atoms with Crippen molar-refractivity contribution in [1.29, 1.82) is 0 Å². The summed E-state index contributed by atoms with van der Waals surface area (Å²) in [5, 5.41) is 10.8. The highest BCUT2D eigenvalue weighted by Crippen LogP contribution is 2.28. The smallest absolute Gasteiger partial charge is 0.269 e. The number of hydrogen-bond acceptors (Lipinski definition) is 5. The standard InChI is InChI=1S/C17H17NO5/c1-22-16-9-7-13(11-17(16)23-2)15(19)8-6-12-4-3-5-14(10-12)18(20)21/h3-5,7,9-11H,6,8H2,1-2H3. The number of hydrogen-bond donors (Lipinski definition) is 0. The molecule has 2 aromatic rings. The van der Waals surface area contributed by atoms with E-state index >= 15 is 0 Å². The number of Topliss-reactive ketones (excluding diaryl/α,β-unsaturated/α-hetero) is 1. The normalized spacial score (nSPS) is 10.2. The van der Waals surface area contributed by atoms with Gasteiger partial charge in [0.25, 0.3) is 5.69 Å². The monoisotopic (exact) mass is 315 g/mol. The Morgan fingerprint density at radius 1 is 1.09 bits per heavy atom. The fourth-order valence-electron chi connectivity index (χ4n) is 2.24.